The number of amides is 2. The molecule has 3 aromatic rings. The van der Waals surface area contributed by atoms with Crippen molar-refractivity contribution in [3.8, 4) is 17.2 Å². The van der Waals surface area contributed by atoms with Crippen LogP contribution in [0.5, 0.6) is 17.2 Å². The summed E-state index contributed by atoms with van der Waals surface area (Å²) in [6, 6.07) is 14.8. The smallest absolute Gasteiger partial charge is 0.457 e. The Kier molecular flexibility index (Phi) is 7.29. The maximum atomic E-state index is 12.3. The normalized spacial score (nSPS) is 11.2. The van der Waals surface area contributed by atoms with Crippen molar-refractivity contribution in [3.05, 3.63) is 84.2 Å². The van der Waals surface area contributed by atoms with Crippen LogP contribution in [-0.2, 0) is 4.79 Å². The van der Waals surface area contributed by atoms with Crippen molar-refractivity contribution in [2.24, 2.45) is 0 Å². The highest BCUT2D eigenvalue weighted by molar-refractivity contribution is 6.02. The molecule has 0 bridgehead atoms. The fourth-order valence-corrected chi connectivity index (χ4v) is 2.64. The second-order valence-corrected chi connectivity index (χ2v) is 6.53. The molecule has 0 aliphatic heterocycles. The summed E-state index contributed by atoms with van der Waals surface area (Å²) in [5.41, 5.74) is 1.05. The molecule has 1 heterocycles. The second kappa shape index (κ2) is 10.3. The molecule has 2 amide bonds. The maximum Gasteiger partial charge on any atom is 0.573 e. The van der Waals surface area contributed by atoms with E-state index in [0.29, 0.717) is 22.7 Å². The Morgan fingerprint density at radius 1 is 0.970 bits per heavy atom. The monoisotopic (exact) mass is 457 g/mol. The molecule has 0 saturated heterocycles. The lowest BCUT2D eigenvalue weighted by Gasteiger charge is -2.09. The summed E-state index contributed by atoms with van der Waals surface area (Å²) >= 11 is 0. The predicted molar refractivity (Wildman–Crippen MR) is 115 cm³/mol. The van der Waals surface area contributed by atoms with Crippen molar-refractivity contribution in [1.82, 2.24) is 10.3 Å². The van der Waals surface area contributed by atoms with Crippen LogP contribution < -0.4 is 20.1 Å². The molecule has 3 rings (SSSR count). The number of alkyl halides is 3. The minimum Gasteiger partial charge on any atom is -0.457 e. The highest BCUT2D eigenvalue weighted by atomic mass is 19.4. The van der Waals surface area contributed by atoms with E-state index in [1.807, 2.05) is 0 Å². The fourth-order valence-electron chi connectivity index (χ4n) is 2.64. The van der Waals surface area contributed by atoms with E-state index in [1.165, 1.54) is 49.7 Å². The van der Waals surface area contributed by atoms with Gasteiger partial charge in [0.25, 0.3) is 5.91 Å². The first kappa shape index (κ1) is 23.3. The molecule has 0 aliphatic rings. The van der Waals surface area contributed by atoms with E-state index in [0.717, 1.165) is 6.07 Å². The molecule has 0 unspecified atom stereocenters. The standard InChI is InChI=1S/C23H18F3N3O4/c1-27-22(31)20-14-18(11-12-28-20)32-17-8-6-16(7-9-17)29-21(30)10-5-15-3-2-4-19(13-15)33-23(24,25)26/h2-14H,1H3,(H,27,31)(H,29,30). The van der Waals surface area contributed by atoms with Gasteiger partial charge >= 0.3 is 6.36 Å². The number of anilines is 1. The molecule has 33 heavy (non-hydrogen) atoms. The highest BCUT2D eigenvalue weighted by Gasteiger charge is 2.31. The quantitative estimate of drug-likeness (QED) is 0.499. The van der Waals surface area contributed by atoms with Crippen molar-refractivity contribution < 1.29 is 32.2 Å². The van der Waals surface area contributed by atoms with Gasteiger partial charge in [-0.05, 0) is 54.1 Å². The molecule has 1 aromatic heterocycles. The van der Waals surface area contributed by atoms with Gasteiger partial charge in [0.15, 0.2) is 0 Å². The average Bonchev–Trinajstić information content (AvgIpc) is 2.78. The van der Waals surface area contributed by atoms with Gasteiger partial charge in [0.1, 0.15) is 22.9 Å². The maximum absolute atomic E-state index is 12.3. The highest BCUT2D eigenvalue weighted by Crippen LogP contribution is 2.25. The van der Waals surface area contributed by atoms with Gasteiger partial charge in [-0.3, -0.25) is 14.6 Å². The van der Waals surface area contributed by atoms with E-state index in [-0.39, 0.29) is 17.4 Å². The third-order valence-electron chi connectivity index (χ3n) is 4.07. The fraction of sp³-hybridized carbons (Fsp3) is 0.0870. The van der Waals surface area contributed by atoms with E-state index in [4.69, 9.17) is 4.74 Å². The first-order valence-corrected chi connectivity index (χ1v) is 9.53. The van der Waals surface area contributed by atoms with E-state index in [9.17, 15) is 22.8 Å². The van der Waals surface area contributed by atoms with Crippen molar-refractivity contribution in [1.29, 1.82) is 0 Å². The number of nitrogens with zero attached hydrogens (tertiary/aromatic N) is 1. The molecule has 2 aromatic carbocycles. The molecular weight excluding hydrogens is 439 g/mol. The number of carbonyl (C=O) groups excluding carboxylic acids is 2. The Morgan fingerprint density at radius 2 is 1.73 bits per heavy atom. The van der Waals surface area contributed by atoms with Crippen LogP contribution in [0.3, 0.4) is 0 Å². The van der Waals surface area contributed by atoms with Crippen LogP contribution in [0.25, 0.3) is 6.08 Å². The molecule has 2 N–H and O–H groups in total. The van der Waals surface area contributed by atoms with Gasteiger partial charge in [0, 0.05) is 31.1 Å². The lowest BCUT2D eigenvalue weighted by Crippen LogP contribution is -2.18. The van der Waals surface area contributed by atoms with Gasteiger partial charge in [0.05, 0.1) is 0 Å². The zero-order valence-electron chi connectivity index (χ0n) is 17.2. The minimum atomic E-state index is -4.79. The van der Waals surface area contributed by atoms with Gasteiger partial charge in [-0.2, -0.15) is 0 Å². The number of pyridine rings is 1. The molecule has 0 atom stereocenters. The number of carbonyl (C=O) groups is 2. The van der Waals surface area contributed by atoms with Gasteiger partial charge in [-0.1, -0.05) is 12.1 Å². The van der Waals surface area contributed by atoms with Crippen LogP contribution in [0, 0.1) is 0 Å². The molecule has 0 radical (unpaired) electrons. The van der Waals surface area contributed by atoms with Gasteiger partial charge in [-0.25, -0.2) is 0 Å². The lowest BCUT2D eigenvalue weighted by molar-refractivity contribution is -0.274. The number of nitrogens with one attached hydrogen (secondary N) is 2. The molecule has 10 heteroatoms. The molecule has 170 valence electrons. The van der Waals surface area contributed by atoms with Crippen molar-refractivity contribution in [3.63, 3.8) is 0 Å². The summed E-state index contributed by atoms with van der Waals surface area (Å²) in [5, 5.41) is 5.11. The van der Waals surface area contributed by atoms with E-state index in [2.05, 4.69) is 20.4 Å². The van der Waals surface area contributed by atoms with Crippen molar-refractivity contribution in [2.45, 2.75) is 6.36 Å². The van der Waals surface area contributed by atoms with E-state index < -0.39 is 12.3 Å². The summed E-state index contributed by atoms with van der Waals surface area (Å²) in [4.78, 5) is 27.7. The molecular formula is C23H18F3N3O4. The summed E-state index contributed by atoms with van der Waals surface area (Å²) in [6.07, 6.45) is -0.789. The summed E-state index contributed by atoms with van der Waals surface area (Å²) in [5.74, 6) is -0.308. The van der Waals surface area contributed by atoms with Gasteiger partial charge in [0.2, 0.25) is 5.91 Å². The number of hydrogen-bond acceptors (Lipinski definition) is 5. The first-order chi connectivity index (χ1) is 15.7. The number of halogens is 3. The predicted octanol–water partition coefficient (Wildman–Crippen LogP) is 4.78. The third-order valence-corrected chi connectivity index (χ3v) is 4.07. The second-order valence-electron chi connectivity index (χ2n) is 6.53. The lowest BCUT2D eigenvalue weighted by atomic mass is 10.2. The molecule has 0 aliphatic carbocycles. The Hall–Kier alpha value is -4.34. The van der Waals surface area contributed by atoms with E-state index >= 15 is 0 Å². The SMILES string of the molecule is CNC(=O)c1cc(Oc2ccc(NC(=O)C=Cc3cccc(OC(F)(F)F)c3)cc2)ccn1. The number of aromatic nitrogens is 1. The van der Waals surface area contributed by atoms with Gasteiger partial charge in [-0.15, -0.1) is 13.2 Å². The minimum absolute atomic E-state index is 0.209. The van der Waals surface area contributed by atoms with Crippen LogP contribution in [0.1, 0.15) is 16.1 Å². The first-order valence-electron chi connectivity index (χ1n) is 9.53. The van der Waals surface area contributed by atoms with Crippen molar-refractivity contribution >= 4 is 23.6 Å². The van der Waals surface area contributed by atoms with Crippen LogP contribution >= 0.6 is 0 Å². The summed E-state index contributed by atoms with van der Waals surface area (Å²) in [6.45, 7) is 0. The Labute approximate surface area is 186 Å². The van der Waals surface area contributed by atoms with Crippen LogP contribution in [0.15, 0.2) is 72.9 Å². The number of hydrogen-bond donors (Lipinski definition) is 2. The average molecular weight is 457 g/mol. The van der Waals surface area contributed by atoms with Crippen molar-refractivity contribution in [2.75, 3.05) is 12.4 Å². The number of benzene rings is 2. The summed E-state index contributed by atoms with van der Waals surface area (Å²) < 4.78 is 46.5. The van der Waals surface area contributed by atoms with Gasteiger partial charge < -0.3 is 20.1 Å². The van der Waals surface area contributed by atoms with Crippen LogP contribution in [0.2, 0.25) is 0 Å². The molecule has 0 spiro atoms. The zero-order chi connectivity index (χ0) is 23.8. The zero-order valence-corrected chi connectivity index (χ0v) is 17.2. The van der Waals surface area contributed by atoms with Crippen LogP contribution in [-0.4, -0.2) is 30.2 Å². The summed E-state index contributed by atoms with van der Waals surface area (Å²) in [7, 11) is 1.50. The molecule has 7 nitrogen and oxygen atoms in total. The molecule has 0 saturated carbocycles. The Bertz CT molecular complexity index is 1160. The largest absolute Gasteiger partial charge is 0.573 e. The molecule has 0 fully saturated rings. The Morgan fingerprint density at radius 3 is 2.42 bits per heavy atom. The van der Waals surface area contributed by atoms with Crippen LogP contribution in [0.4, 0.5) is 18.9 Å². The topological polar surface area (TPSA) is 89.6 Å². The number of ether oxygens (including phenoxy) is 2. The third kappa shape index (κ3) is 7.39. The Balaban J connectivity index is 1.58. The van der Waals surface area contributed by atoms with E-state index in [1.54, 1.807) is 30.3 Å². The number of rotatable bonds is 7.